The molecular formula is C28H50N4O6. The van der Waals surface area contributed by atoms with E-state index >= 15 is 0 Å². The number of hydrogen-bond donors (Lipinski definition) is 4. The van der Waals surface area contributed by atoms with E-state index in [1.54, 1.807) is 0 Å². The second kappa shape index (κ2) is 19.0. The van der Waals surface area contributed by atoms with Crippen molar-refractivity contribution in [1.82, 2.24) is 21.3 Å². The van der Waals surface area contributed by atoms with Crippen LogP contribution >= 0.6 is 0 Å². The molecule has 0 radical (unpaired) electrons. The summed E-state index contributed by atoms with van der Waals surface area (Å²) < 4.78 is 11.1. The van der Waals surface area contributed by atoms with E-state index in [2.05, 4.69) is 21.3 Å². The molecule has 218 valence electrons. The number of rotatable bonds is 23. The standard InChI is InChI=1S/C28H50N4O6/c1-21(33)29-14-6-5-9-26(32-22(2)34)28(36)31-16-18-38-20-19-37-17-15-30-27(35)25(24-12-13-24)8-4-3-7-23-10-11-23/h23-26H,3-20H2,1-2H3,(H,29,33)(H,30,35)(H,31,36)(H,32,34). The van der Waals surface area contributed by atoms with E-state index in [1.165, 1.54) is 52.4 Å². The van der Waals surface area contributed by atoms with Gasteiger partial charge in [-0.15, -0.1) is 0 Å². The average Bonchev–Trinajstić information content (AvgIpc) is 3.78. The molecule has 2 aliphatic carbocycles. The molecule has 0 aromatic rings. The van der Waals surface area contributed by atoms with E-state index in [1.807, 2.05) is 0 Å². The summed E-state index contributed by atoms with van der Waals surface area (Å²) in [5.74, 6) is 1.30. The summed E-state index contributed by atoms with van der Waals surface area (Å²) in [6.45, 7) is 5.84. The first-order valence-corrected chi connectivity index (χ1v) is 14.6. The summed E-state index contributed by atoms with van der Waals surface area (Å²) in [5, 5.41) is 11.2. The van der Waals surface area contributed by atoms with E-state index in [0.29, 0.717) is 64.8 Å². The molecule has 4 N–H and O–H groups in total. The van der Waals surface area contributed by atoms with Gasteiger partial charge in [-0.2, -0.15) is 0 Å². The second-order valence-corrected chi connectivity index (χ2v) is 10.7. The maximum atomic E-state index is 12.6. The zero-order chi connectivity index (χ0) is 27.6. The second-order valence-electron chi connectivity index (χ2n) is 10.7. The predicted octanol–water partition coefficient (Wildman–Crippen LogP) is 2.06. The van der Waals surface area contributed by atoms with E-state index in [4.69, 9.17) is 9.47 Å². The Bertz CT molecular complexity index is 726. The van der Waals surface area contributed by atoms with Crippen LogP contribution in [0.25, 0.3) is 0 Å². The van der Waals surface area contributed by atoms with Crippen LogP contribution in [-0.4, -0.2) is 75.7 Å². The van der Waals surface area contributed by atoms with Crippen molar-refractivity contribution in [2.75, 3.05) is 46.1 Å². The number of carbonyl (C=O) groups is 4. The lowest BCUT2D eigenvalue weighted by Gasteiger charge is -2.17. The minimum absolute atomic E-state index is 0.0832. The third-order valence-electron chi connectivity index (χ3n) is 7.05. The van der Waals surface area contributed by atoms with Crippen molar-refractivity contribution < 1.29 is 28.7 Å². The zero-order valence-corrected chi connectivity index (χ0v) is 23.5. The Morgan fingerprint density at radius 1 is 0.684 bits per heavy atom. The highest BCUT2D eigenvalue weighted by Crippen LogP contribution is 2.40. The number of hydrogen-bond acceptors (Lipinski definition) is 6. The van der Waals surface area contributed by atoms with Gasteiger partial charge in [-0.1, -0.05) is 32.1 Å². The van der Waals surface area contributed by atoms with Crippen LogP contribution in [0, 0.1) is 17.8 Å². The van der Waals surface area contributed by atoms with E-state index in [0.717, 1.165) is 25.2 Å². The van der Waals surface area contributed by atoms with Gasteiger partial charge in [0, 0.05) is 39.4 Å². The molecule has 0 aromatic heterocycles. The topological polar surface area (TPSA) is 135 Å². The molecule has 2 atom stereocenters. The minimum Gasteiger partial charge on any atom is -0.377 e. The van der Waals surface area contributed by atoms with Crippen molar-refractivity contribution in [2.45, 2.75) is 90.5 Å². The van der Waals surface area contributed by atoms with Crippen LogP contribution in [-0.2, 0) is 28.7 Å². The molecule has 10 nitrogen and oxygen atoms in total. The van der Waals surface area contributed by atoms with Gasteiger partial charge in [0.25, 0.3) is 0 Å². The lowest BCUT2D eigenvalue weighted by Crippen LogP contribution is -2.46. The lowest BCUT2D eigenvalue weighted by molar-refractivity contribution is -0.128. The molecule has 38 heavy (non-hydrogen) atoms. The van der Waals surface area contributed by atoms with Gasteiger partial charge in [0.2, 0.25) is 23.6 Å². The fourth-order valence-corrected chi connectivity index (χ4v) is 4.60. The Morgan fingerprint density at radius 3 is 1.89 bits per heavy atom. The molecule has 0 spiro atoms. The van der Waals surface area contributed by atoms with Crippen LogP contribution in [0.4, 0.5) is 0 Å². The monoisotopic (exact) mass is 538 g/mol. The Kier molecular flexibility index (Phi) is 16.0. The maximum absolute atomic E-state index is 12.6. The number of carbonyl (C=O) groups excluding carboxylic acids is 4. The molecule has 10 heteroatoms. The van der Waals surface area contributed by atoms with Crippen molar-refractivity contribution in [3.63, 3.8) is 0 Å². The molecule has 0 heterocycles. The summed E-state index contributed by atoms with van der Waals surface area (Å²) in [5.41, 5.74) is 0. The number of unbranched alkanes of at least 4 members (excludes halogenated alkanes) is 2. The highest BCUT2D eigenvalue weighted by Gasteiger charge is 2.35. The van der Waals surface area contributed by atoms with E-state index < -0.39 is 6.04 Å². The van der Waals surface area contributed by atoms with Gasteiger partial charge in [0.15, 0.2) is 0 Å². The third kappa shape index (κ3) is 15.9. The normalized spacial score (nSPS) is 16.4. The van der Waals surface area contributed by atoms with Gasteiger partial charge in [-0.05, 0) is 50.4 Å². The molecule has 2 fully saturated rings. The smallest absolute Gasteiger partial charge is 0.242 e. The van der Waals surface area contributed by atoms with Gasteiger partial charge in [0.05, 0.1) is 26.4 Å². The van der Waals surface area contributed by atoms with Crippen LogP contribution < -0.4 is 21.3 Å². The molecule has 0 aromatic carbocycles. The Labute approximate surface area is 228 Å². The third-order valence-corrected chi connectivity index (χ3v) is 7.05. The SMILES string of the molecule is CC(=O)NCCCCC(NC(C)=O)C(=O)NCCOCCOCCNC(=O)C(CCCCC1CC1)C1CC1. The summed E-state index contributed by atoms with van der Waals surface area (Å²) in [6, 6.07) is -0.606. The highest BCUT2D eigenvalue weighted by molar-refractivity contribution is 5.86. The van der Waals surface area contributed by atoms with Crippen LogP contribution in [0.3, 0.4) is 0 Å². The van der Waals surface area contributed by atoms with Crippen LogP contribution in [0.5, 0.6) is 0 Å². The largest absolute Gasteiger partial charge is 0.377 e. The van der Waals surface area contributed by atoms with E-state index in [9.17, 15) is 19.2 Å². The number of amides is 4. The maximum Gasteiger partial charge on any atom is 0.242 e. The number of ether oxygens (including phenoxy) is 2. The fraction of sp³-hybridized carbons (Fsp3) is 0.857. The predicted molar refractivity (Wildman–Crippen MR) is 145 cm³/mol. The van der Waals surface area contributed by atoms with Gasteiger partial charge < -0.3 is 30.7 Å². The van der Waals surface area contributed by atoms with Crippen molar-refractivity contribution in [2.24, 2.45) is 17.8 Å². The van der Waals surface area contributed by atoms with Crippen LogP contribution in [0.15, 0.2) is 0 Å². The Balaban J connectivity index is 1.44. The Morgan fingerprint density at radius 2 is 1.32 bits per heavy atom. The summed E-state index contributed by atoms with van der Waals surface area (Å²) in [6.07, 6.45) is 11.9. The first kappa shape index (κ1) is 32.0. The first-order chi connectivity index (χ1) is 18.4. The van der Waals surface area contributed by atoms with Crippen molar-refractivity contribution in [1.29, 1.82) is 0 Å². The summed E-state index contributed by atoms with van der Waals surface area (Å²) in [7, 11) is 0. The molecule has 2 saturated carbocycles. The molecular weight excluding hydrogens is 488 g/mol. The van der Waals surface area contributed by atoms with Crippen molar-refractivity contribution in [3.8, 4) is 0 Å². The van der Waals surface area contributed by atoms with Gasteiger partial charge in [0.1, 0.15) is 6.04 Å². The average molecular weight is 539 g/mol. The first-order valence-electron chi connectivity index (χ1n) is 14.6. The van der Waals surface area contributed by atoms with Crippen molar-refractivity contribution in [3.05, 3.63) is 0 Å². The molecule has 0 saturated heterocycles. The van der Waals surface area contributed by atoms with Crippen LogP contribution in [0.2, 0.25) is 0 Å². The molecule has 2 rings (SSSR count). The van der Waals surface area contributed by atoms with Crippen molar-refractivity contribution >= 4 is 23.6 Å². The zero-order valence-electron chi connectivity index (χ0n) is 23.5. The fourth-order valence-electron chi connectivity index (χ4n) is 4.60. The number of nitrogens with one attached hydrogen (secondary N) is 4. The highest BCUT2D eigenvalue weighted by atomic mass is 16.5. The minimum atomic E-state index is -0.606. The van der Waals surface area contributed by atoms with Crippen LogP contribution in [0.1, 0.15) is 84.5 Å². The quantitative estimate of drug-likeness (QED) is 0.147. The lowest BCUT2D eigenvalue weighted by atomic mass is 9.95. The summed E-state index contributed by atoms with van der Waals surface area (Å²) in [4.78, 5) is 47.3. The molecule has 0 aliphatic heterocycles. The van der Waals surface area contributed by atoms with Gasteiger partial charge in [-0.25, -0.2) is 0 Å². The summed E-state index contributed by atoms with van der Waals surface area (Å²) >= 11 is 0. The Hall–Kier alpha value is -2.20. The molecule has 2 aliphatic rings. The van der Waals surface area contributed by atoms with Gasteiger partial charge in [-0.3, -0.25) is 19.2 Å². The molecule has 4 amide bonds. The van der Waals surface area contributed by atoms with Gasteiger partial charge >= 0.3 is 0 Å². The van der Waals surface area contributed by atoms with E-state index in [-0.39, 0.29) is 29.5 Å². The molecule has 0 bridgehead atoms. The molecule has 2 unspecified atom stereocenters.